The van der Waals surface area contributed by atoms with Crippen LogP contribution in [-0.4, -0.2) is 68.8 Å². The number of rotatable bonds is 12. The Hall–Kier alpha value is -4.03. The largest absolute Gasteiger partial charge is 0.508 e. The standard InChI is InChI=1S/C26H31N5O6S/c1-14(26(36)37)29-25(35)22(13-38)31-24(34)21(10-15-6-8-17(32)9-7-15)30-23(33)19(27)11-16-12-28-20-5-3-2-4-18(16)20/h2-9,12,14,19,21-22,28,32,38H,10-11,13,27H2,1H3,(H,29,35)(H,30,33)(H,31,34)(H,36,37). The minimum atomic E-state index is -1.23. The molecule has 1 aromatic heterocycles. The third-order valence-electron chi connectivity index (χ3n) is 6.01. The van der Waals surface area contributed by atoms with E-state index in [0.717, 1.165) is 16.5 Å². The highest BCUT2D eigenvalue weighted by molar-refractivity contribution is 7.80. The number of carbonyl (C=O) groups is 4. The first-order valence-corrected chi connectivity index (χ1v) is 12.6. The van der Waals surface area contributed by atoms with Crippen molar-refractivity contribution in [2.24, 2.45) is 5.73 Å². The van der Waals surface area contributed by atoms with Crippen LogP contribution >= 0.6 is 12.6 Å². The van der Waals surface area contributed by atoms with Gasteiger partial charge >= 0.3 is 5.97 Å². The Morgan fingerprint density at radius 2 is 1.55 bits per heavy atom. The van der Waals surface area contributed by atoms with Gasteiger partial charge in [0, 0.05) is 29.3 Å². The Labute approximate surface area is 224 Å². The van der Waals surface area contributed by atoms with Gasteiger partial charge in [-0.1, -0.05) is 30.3 Å². The molecule has 38 heavy (non-hydrogen) atoms. The summed E-state index contributed by atoms with van der Waals surface area (Å²) >= 11 is 4.10. The molecule has 11 nitrogen and oxygen atoms in total. The van der Waals surface area contributed by atoms with E-state index in [1.807, 2.05) is 24.3 Å². The molecule has 0 saturated carbocycles. The molecular formula is C26H31N5O6S. The summed E-state index contributed by atoms with van der Waals surface area (Å²) in [6, 6.07) is 9.31. The average Bonchev–Trinajstić information content (AvgIpc) is 3.30. The molecule has 0 fully saturated rings. The van der Waals surface area contributed by atoms with E-state index in [0.29, 0.717) is 5.56 Å². The van der Waals surface area contributed by atoms with Gasteiger partial charge in [0.2, 0.25) is 17.7 Å². The monoisotopic (exact) mass is 541 g/mol. The molecule has 12 heteroatoms. The van der Waals surface area contributed by atoms with Gasteiger partial charge in [-0.2, -0.15) is 12.6 Å². The van der Waals surface area contributed by atoms with Crippen LogP contribution in [0.25, 0.3) is 10.9 Å². The maximum Gasteiger partial charge on any atom is 0.325 e. The number of carboxylic acids is 1. The first-order chi connectivity index (χ1) is 18.1. The molecule has 0 spiro atoms. The van der Waals surface area contributed by atoms with Crippen LogP contribution in [0.15, 0.2) is 54.7 Å². The van der Waals surface area contributed by atoms with E-state index in [1.54, 1.807) is 18.3 Å². The molecule has 3 aromatic rings. The van der Waals surface area contributed by atoms with Crippen molar-refractivity contribution in [1.82, 2.24) is 20.9 Å². The van der Waals surface area contributed by atoms with E-state index in [2.05, 4.69) is 33.6 Å². The van der Waals surface area contributed by atoms with Gasteiger partial charge < -0.3 is 36.9 Å². The van der Waals surface area contributed by atoms with Crippen molar-refractivity contribution in [3.05, 3.63) is 65.9 Å². The Kier molecular flexibility index (Phi) is 9.74. The lowest BCUT2D eigenvalue weighted by Crippen LogP contribution is -2.58. The summed E-state index contributed by atoms with van der Waals surface area (Å²) in [5.74, 6) is -3.27. The molecule has 4 unspecified atom stereocenters. The van der Waals surface area contributed by atoms with Crippen LogP contribution < -0.4 is 21.7 Å². The van der Waals surface area contributed by atoms with Gasteiger partial charge in [-0.3, -0.25) is 19.2 Å². The Morgan fingerprint density at radius 1 is 0.921 bits per heavy atom. The number of hydrogen-bond donors (Lipinski definition) is 8. The number of nitrogens with two attached hydrogens (primary N) is 1. The van der Waals surface area contributed by atoms with Gasteiger partial charge in [0.1, 0.15) is 23.9 Å². The molecule has 8 N–H and O–H groups in total. The third-order valence-corrected chi connectivity index (χ3v) is 6.37. The van der Waals surface area contributed by atoms with E-state index < -0.39 is 47.9 Å². The predicted octanol–water partition coefficient (Wildman–Crippen LogP) is 0.475. The fourth-order valence-electron chi connectivity index (χ4n) is 3.83. The number of aliphatic carboxylic acids is 1. The molecule has 0 saturated heterocycles. The summed E-state index contributed by atoms with van der Waals surface area (Å²) < 4.78 is 0. The van der Waals surface area contributed by atoms with Crippen LogP contribution in [0.4, 0.5) is 0 Å². The number of fused-ring (bicyclic) bond motifs is 1. The minimum absolute atomic E-state index is 0.0406. The third kappa shape index (κ3) is 7.49. The smallest absolute Gasteiger partial charge is 0.325 e. The lowest BCUT2D eigenvalue weighted by atomic mass is 10.0. The lowest BCUT2D eigenvalue weighted by Gasteiger charge is -2.24. The number of thiol groups is 1. The zero-order chi connectivity index (χ0) is 27.8. The second kappa shape index (κ2) is 13.0. The van der Waals surface area contributed by atoms with Gasteiger partial charge in [0.25, 0.3) is 0 Å². The molecule has 1 heterocycles. The van der Waals surface area contributed by atoms with E-state index in [-0.39, 0.29) is 24.3 Å². The highest BCUT2D eigenvalue weighted by atomic mass is 32.1. The first kappa shape index (κ1) is 28.5. The minimum Gasteiger partial charge on any atom is -0.508 e. The summed E-state index contributed by atoms with van der Waals surface area (Å²) in [5.41, 5.74) is 8.60. The molecule has 0 radical (unpaired) electrons. The van der Waals surface area contributed by atoms with Gasteiger partial charge in [0.15, 0.2) is 0 Å². The lowest BCUT2D eigenvalue weighted by molar-refractivity contribution is -0.141. The molecule has 3 rings (SSSR count). The van der Waals surface area contributed by atoms with Crippen molar-refractivity contribution in [2.45, 2.75) is 43.9 Å². The number of aromatic hydroxyl groups is 1. The highest BCUT2D eigenvalue weighted by Crippen LogP contribution is 2.19. The number of benzene rings is 2. The van der Waals surface area contributed by atoms with E-state index in [1.165, 1.54) is 19.1 Å². The van der Waals surface area contributed by atoms with Crippen molar-refractivity contribution in [1.29, 1.82) is 0 Å². The highest BCUT2D eigenvalue weighted by Gasteiger charge is 2.29. The van der Waals surface area contributed by atoms with Crippen molar-refractivity contribution in [3.8, 4) is 5.75 Å². The van der Waals surface area contributed by atoms with Gasteiger partial charge in [-0.25, -0.2) is 0 Å². The number of carbonyl (C=O) groups excluding carboxylic acids is 3. The van der Waals surface area contributed by atoms with Crippen molar-refractivity contribution < 1.29 is 29.4 Å². The second-order valence-corrected chi connectivity index (χ2v) is 9.28. The molecular weight excluding hydrogens is 510 g/mol. The van der Waals surface area contributed by atoms with Crippen LogP contribution in [0.2, 0.25) is 0 Å². The summed E-state index contributed by atoms with van der Waals surface area (Å²) in [6.45, 7) is 1.29. The van der Waals surface area contributed by atoms with Crippen LogP contribution in [0.1, 0.15) is 18.1 Å². The predicted molar refractivity (Wildman–Crippen MR) is 145 cm³/mol. The summed E-state index contributed by atoms with van der Waals surface area (Å²) in [6.07, 6.45) is 2.05. The van der Waals surface area contributed by atoms with E-state index in [9.17, 15) is 24.3 Å². The summed E-state index contributed by atoms with van der Waals surface area (Å²) in [7, 11) is 0. The Morgan fingerprint density at radius 3 is 2.21 bits per heavy atom. The molecule has 0 aliphatic carbocycles. The molecule has 2 aromatic carbocycles. The number of nitrogens with one attached hydrogen (secondary N) is 4. The zero-order valence-electron chi connectivity index (χ0n) is 20.7. The number of phenols is 1. The number of carboxylic acid groups (broad SMARTS) is 1. The zero-order valence-corrected chi connectivity index (χ0v) is 21.6. The normalized spacial score (nSPS) is 14.2. The van der Waals surface area contributed by atoms with Gasteiger partial charge in [-0.15, -0.1) is 0 Å². The van der Waals surface area contributed by atoms with Crippen molar-refractivity contribution in [2.75, 3.05) is 5.75 Å². The van der Waals surface area contributed by atoms with E-state index >= 15 is 0 Å². The molecule has 3 amide bonds. The van der Waals surface area contributed by atoms with Crippen LogP contribution in [0.3, 0.4) is 0 Å². The maximum absolute atomic E-state index is 13.2. The first-order valence-electron chi connectivity index (χ1n) is 11.9. The summed E-state index contributed by atoms with van der Waals surface area (Å²) in [5, 5.41) is 27.0. The van der Waals surface area contributed by atoms with Gasteiger partial charge in [0.05, 0.1) is 6.04 Å². The molecule has 0 bridgehead atoms. The quantitative estimate of drug-likeness (QED) is 0.153. The fourth-order valence-corrected chi connectivity index (χ4v) is 4.09. The van der Waals surface area contributed by atoms with Crippen LogP contribution in [0, 0.1) is 0 Å². The van der Waals surface area contributed by atoms with Crippen LogP contribution in [0.5, 0.6) is 5.75 Å². The SMILES string of the molecule is CC(NC(=O)C(CS)NC(=O)C(Cc1ccc(O)cc1)NC(=O)C(N)Cc1c[nH]c2ccccc12)C(=O)O. The Bertz CT molecular complexity index is 1290. The van der Waals surface area contributed by atoms with Gasteiger partial charge in [-0.05, 0) is 42.7 Å². The molecule has 0 aliphatic rings. The Balaban J connectivity index is 1.74. The molecule has 4 atom stereocenters. The fraction of sp³-hybridized carbons (Fsp3) is 0.308. The number of amides is 3. The summed E-state index contributed by atoms with van der Waals surface area (Å²) in [4.78, 5) is 52.9. The average molecular weight is 542 g/mol. The number of H-pyrrole nitrogens is 1. The molecule has 0 aliphatic heterocycles. The number of phenolic OH excluding ortho intramolecular Hbond substituents is 1. The molecule has 202 valence electrons. The van der Waals surface area contributed by atoms with Crippen molar-refractivity contribution >= 4 is 47.2 Å². The number of aromatic nitrogens is 1. The number of para-hydroxylation sites is 1. The van der Waals surface area contributed by atoms with E-state index in [4.69, 9.17) is 10.8 Å². The van der Waals surface area contributed by atoms with Crippen LogP contribution in [-0.2, 0) is 32.0 Å². The second-order valence-electron chi connectivity index (χ2n) is 8.91. The number of aromatic amines is 1. The topological polar surface area (TPSA) is 187 Å². The van der Waals surface area contributed by atoms with Crippen molar-refractivity contribution in [3.63, 3.8) is 0 Å². The number of hydrogen-bond acceptors (Lipinski definition) is 7. The maximum atomic E-state index is 13.2.